The van der Waals surface area contributed by atoms with Gasteiger partial charge in [0.1, 0.15) is 13.2 Å². The van der Waals surface area contributed by atoms with E-state index >= 15 is 0 Å². The van der Waals surface area contributed by atoms with Gasteiger partial charge in [-0.3, -0.25) is 24.0 Å². The normalized spacial score (nSPS) is 12.7. The van der Waals surface area contributed by atoms with Crippen LogP contribution in [0.3, 0.4) is 0 Å². The van der Waals surface area contributed by atoms with Crippen molar-refractivity contribution in [2.45, 2.75) is 278 Å². The summed E-state index contributed by atoms with van der Waals surface area (Å²) in [6, 6.07) is 0. The fraction of sp³-hybridized carbons (Fsp3) is 0.912. The molecular formula is C57H107NO10. The molecule has 0 aromatic rings. The highest BCUT2D eigenvalue weighted by atomic mass is 16.6. The SMILES string of the molecule is CCCCCCCCCCC(CCCCCCCC)COC(=O)CCC(=O)OCC(COC(=O)CCC(=O)OCC(CCCCCCCC)CCCCCCCCCC)OC(=O)CCCN(C)C. The van der Waals surface area contributed by atoms with Crippen LogP contribution in [0.1, 0.15) is 272 Å². The lowest BCUT2D eigenvalue weighted by Gasteiger charge is -2.19. The summed E-state index contributed by atoms with van der Waals surface area (Å²) in [5, 5.41) is 0. The fourth-order valence-corrected chi connectivity index (χ4v) is 8.57. The topological polar surface area (TPSA) is 135 Å². The van der Waals surface area contributed by atoms with Crippen LogP contribution in [0.5, 0.6) is 0 Å². The number of carbonyl (C=O) groups is 5. The summed E-state index contributed by atoms with van der Waals surface area (Å²) in [7, 11) is 3.83. The van der Waals surface area contributed by atoms with E-state index in [4.69, 9.17) is 23.7 Å². The highest BCUT2D eigenvalue weighted by Gasteiger charge is 2.22. The van der Waals surface area contributed by atoms with Crippen LogP contribution < -0.4 is 0 Å². The molecule has 0 amide bonds. The predicted molar refractivity (Wildman–Crippen MR) is 277 cm³/mol. The second-order valence-electron chi connectivity index (χ2n) is 20.1. The summed E-state index contributed by atoms with van der Waals surface area (Å²) in [6.45, 7) is 9.70. The van der Waals surface area contributed by atoms with Crippen molar-refractivity contribution in [3.05, 3.63) is 0 Å². The van der Waals surface area contributed by atoms with Crippen LogP contribution in [0.4, 0.5) is 0 Å². The van der Waals surface area contributed by atoms with E-state index in [1.165, 1.54) is 154 Å². The zero-order valence-electron chi connectivity index (χ0n) is 45.2. The quantitative estimate of drug-likeness (QED) is 0.0327. The van der Waals surface area contributed by atoms with Gasteiger partial charge in [0.2, 0.25) is 0 Å². The lowest BCUT2D eigenvalue weighted by Crippen LogP contribution is -2.31. The Hall–Kier alpha value is -2.69. The number of nitrogens with zero attached hydrogens (tertiary/aromatic N) is 1. The van der Waals surface area contributed by atoms with Gasteiger partial charge in [0.05, 0.1) is 38.9 Å². The van der Waals surface area contributed by atoms with Crippen LogP contribution in [0.15, 0.2) is 0 Å². The second-order valence-corrected chi connectivity index (χ2v) is 20.1. The van der Waals surface area contributed by atoms with E-state index < -0.39 is 36.0 Å². The molecule has 0 aliphatic rings. The molecule has 400 valence electrons. The third-order valence-electron chi connectivity index (χ3n) is 13.0. The summed E-state index contributed by atoms with van der Waals surface area (Å²) in [4.78, 5) is 65.8. The molecule has 0 aromatic carbocycles. The third-order valence-corrected chi connectivity index (χ3v) is 13.0. The Morgan fingerprint density at radius 2 is 0.588 bits per heavy atom. The van der Waals surface area contributed by atoms with Crippen LogP contribution >= 0.6 is 0 Å². The maximum absolute atomic E-state index is 12.8. The summed E-state index contributed by atoms with van der Waals surface area (Å²) < 4.78 is 27.8. The molecular weight excluding hydrogens is 859 g/mol. The highest BCUT2D eigenvalue weighted by molar-refractivity contribution is 5.78. The van der Waals surface area contributed by atoms with Crippen molar-refractivity contribution in [3.8, 4) is 0 Å². The second kappa shape index (κ2) is 49.3. The average molecular weight is 966 g/mol. The predicted octanol–water partition coefficient (Wildman–Crippen LogP) is 14.8. The Kier molecular flexibility index (Phi) is 47.3. The zero-order chi connectivity index (χ0) is 50.1. The molecule has 0 N–H and O–H groups in total. The first-order valence-electron chi connectivity index (χ1n) is 28.5. The molecule has 0 aliphatic heterocycles. The summed E-state index contributed by atoms with van der Waals surface area (Å²) in [5.41, 5.74) is 0. The monoisotopic (exact) mass is 966 g/mol. The number of ether oxygens (including phenoxy) is 5. The summed E-state index contributed by atoms with van der Waals surface area (Å²) in [5.74, 6) is -1.99. The Bertz CT molecular complexity index is 1120. The number of hydrogen-bond donors (Lipinski definition) is 0. The van der Waals surface area contributed by atoms with Crippen molar-refractivity contribution >= 4 is 29.8 Å². The highest BCUT2D eigenvalue weighted by Crippen LogP contribution is 2.22. The summed E-state index contributed by atoms with van der Waals surface area (Å²) >= 11 is 0. The first-order chi connectivity index (χ1) is 33.0. The minimum atomic E-state index is -1.04. The van der Waals surface area contributed by atoms with Crippen molar-refractivity contribution in [3.63, 3.8) is 0 Å². The van der Waals surface area contributed by atoms with Gasteiger partial charge in [0, 0.05) is 6.42 Å². The Morgan fingerprint density at radius 1 is 0.324 bits per heavy atom. The van der Waals surface area contributed by atoms with E-state index in [2.05, 4.69) is 27.7 Å². The zero-order valence-corrected chi connectivity index (χ0v) is 45.2. The third kappa shape index (κ3) is 45.7. The lowest BCUT2D eigenvalue weighted by atomic mass is 9.94. The van der Waals surface area contributed by atoms with Gasteiger partial charge in [-0.05, 0) is 64.6 Å². The first-order valence-corrected chi connectivity index (χ1v) is 28.5. The van der Waals surface area contributed by atoms with E-state index in [0.717, 1.165) is 51.4 Å². The molecule has 0 heterocycles. The molecule has 0 radical (unpaired) electrons. The van der Waals surface area contributed by atoms with Crippen molar-refractivity contribution in [2.24, 2.45) is 11.8 Å². The molecule has 0 saturated heterocycles. The van der Waals surface area contributed by atoms with E-state index in [-0.39, 0.29) is 45.3 Å². The molecule has 0 rings (SSSR count). The largest absolute Gasteiger partial charge is 0.465 e. The van der Waals surface area contributed by atoms with Crippen molar-refractivity contribution in [1.29, 1.82) is 0 Å². The fourth-order valence-electron chi connectivity index (χ4n) is 8.57. The molecule has 2 atom stereocenters. The number of carbonyl (C=O) groups excluding carboxylic acids is 5. The van der Waals surface area contributed by atoms with Crippen LogP contribution in [0, 0.1) is 11.8 Å². The Morgan fingerprint density at radius 3 is 0.868 bits per heavy atom. The van der Waals surface area contributed by atoms with E-state index in [1.54, 1.807) is 0 Å². The Balaban J connectivity index is 5.03. The van der Waals surface area contributed by atoms with Crippen molar-refractivity contribution < 1.29 is 47.7 Å². The molecule has 11 nitrogen and oxygen atoms in total. The number of rotatable bonds is 51. The molecule has 0 aliphatic carbocycles. The van der Waals surface area contributed by atoms with Crippen LogP contribution in [0.2, 0.25) is 0 Å². The maximum Gasteiger partial charge on any atom is 0.306 e. The van der Waals surface area contributed by atoms with Crippen LogP contribution in [-0.4, -0.2) is 87.9 Å². The van der Waals surface area contributed by atoms with Crippen LogP contribution in [0.25, 0.3) is 0 Å². The number of hydrogen-bond acceptors (Lipinski definition) is 11. The average Bonchev–Trinajstić information content (AvgIpc) is 3.32. The van der Waals surface area contributed by atoms with Crippen molar-refractivity contribution in [1.82, 2.24) is 4.90 Å². The van der Waals surface area contributed by atoms with Gasteiger partial charge in [-0.2, -0.15) is 0 Å². The first kappa shape index (κ1) is 65.3. The molecule has 0 fully saturated rings. The Labute approximate surface area is 417 Å². The molecule has 0 aromatic heterocycles. The maximum atomic E-state index is 12.8. The van der Waals surface area contributed by atoms with Crippen molar-refractivity contribution in [2.75, 3.05) is 47.1 Å². The van der Waals surface area contributed by atoms with Gasteiger partial charge in [0.15, 0.2) is 6.10 Å². The van der Waals surface area contributed by atoms with E-state index in [0.29, 0.717) is 38.0 Å². The minimum absolute atomic E-state index is 0.112. The van der Waals surface area contributed by atoms with Gasteiger partial charge >= 0.3 is 29.8 Å². The lowest BCUT2D eigenvalue weighted by molar-refractivity contribution is -0.167. The number of unbranched alkanes of at least 4 members (excludes halogenated alkanes) is 24. The smallest absolute Gasteiger partial charge is 0.306 e. The minimum Gasteiger partial charge on any atom is -0.465 e. The molecule has 68 heavy (non-hydrogen) atoms. The number of esters is 5. The summed E-state index contributed by atoms with van der Waals surface area (Å²) in [6.07, 6.45) is 38.2. The van der Waals surface area contributed by atoms with Gasteiger partial charge in [-0.25, -0.2) is 0 Å². The molecule has 0 spiro atoms. The van der Waals surface area contributed by atoms with Gasteiger partial charge in [-0.15, -0.1) is 0 Å². The van der Waals surface area contributed by atoms with Gasteiger partial charge in [-0.1, -0.05) is 207 Å². The molecule has 2 unspecified atom stereocenters. The molecule has 0 saturated carbocycles. The van der Waals surface area contributed by atoms with Gasteiger partial charge in [0.25, 0.3) is 0 Å². The molecule has 0 bridgehead atoms. The van der Waals surface area contributed by atoms with E-state index in [1.807, 2.05) is 19.0 Å². The van der Waals surface area contributed by atoms with Gasteiger partial charge < -0.3 is 28.6 Å². The van der Waals surface area contributed by atoms with E-state index in [9.17, 15) is 24.0 Å². The molecule has 11 heteroatoms. The standard InChI is InChI=1S/C57H107NO10/c1-7-11-15-19-23-25-29-33-38-50(36-31-27-21-17-13-9-3)46-64-53(59)41-43-55(61)66-48-52(68-57(63)40-35-45-58(5)6)49-67-56(62)44-42-54(60)65-47-51(37-32-28-22-18-14-10-4)39-34-30-26-24-20-16-12-8-2/h50-52H,7-49H2,1-6H3. The van der Waals surface area contributed by atoms with Crippen LogP contribution in [-0.2, 0) is 47.7 Å².